The van der Waals surface area contributed by atoms with Crippen molar-refractivity contribution in [3.63, 3.8) is 0 Å². The number of carbonyl (C=O) groups is 1. The first kappa shape index (κ1) is 17.6. The second kappa shape index (κ2) is 7.48. The highest BCUT2D eigenvalue weighted by atomic mass is 32.1. The molecule has 146 valence electrons. The van der Waals surface area contributed by atoms with Gasteiger partial charge >= 0.3 is 0 Å². The molecular formula is C21H24N4O2S. The van der Waals surface area contributed by atoms with E-state index in [4.69, 9.17) is 4.74 Å². The molecule has 1 aromatic carbocycles. The minimum absolute atomic E-state index is 0. The fraction of sp³-hybridized carbons (Fsp3) is 0.381. The molecule has 0 spiro atoms. The summed E-state index contributed by atoms with van der Waals surface area (Å²) in [4.78, 5) is 19.6. The summed E-state index contributed by atoms with van der Waals surface area (Å²) in [6, 6.07) is 6.08. The predicted octanol–water partition coefficient (Wildman–Crippen LogP) is 2.18. The third kappa shape index (κ3) is 3.36. The number of carbonyl (C=O) groups excluding carboxylic acids is 1. The highest BCUT2D eigenvalue weighted by Gasteiger charge is 2.27. The van der Waals surface area contributed by atoms with Crippen LogP contribution >= 0.6 is 11.3 Å². The Bertz CT molecular complexity index is 1040. The van der Waals surface area contributed by atoms with Crippen molar-refractivity contribution >= 4 is 45.8 Å². The van der Waals surface area contributed by atoms with E-state index in [9.17, 15) is 4.79 Å². The molecule has 0 amide bonds. The molecule has 5 rings (SSSR count). The van der Waals surface area contributed by atoms with E-state index in [0.717, 1.165) is 66.4 Å². The highest BCUT2D eigenvalue weighted by Crippen LogP contribution is 2.26. The zero-order valence-electron chi connectivity index (χ0n) is 15.6. The van der Waals surface area contributed by atoms with Crippen molar-refractivity contribution in [1.82, 2.24) is 4.98 Å². The van der Waals surface area contributed by atoms with Gasteiger partial charge in [0.1, 0.15) is 5.71 Å². The SMILES string of the molecule is O=C1/C(=N\Nc2nc3c(s2)=CCCCC=3)Cc2cc(N3CCOCC3)ccc21.[HH]. The van der Waals surface area contributed by atoms with Crippen LogP contribution in [0.5, 0.6) is 0 Å². The van der Waals surface area contributed by atoms with E-state index < -0.39 is 0 Å². The highest BCUT2D eigenvalue weighted by molar-refractivity contribution is 7.13. The molecule has 7 heteroatoms. The first-order chi connectivity index (χ1) is 13.8. The van der Waals surface area contributed by atoms with Gasteiger partial charge in [-0.3, -0.25) is 10.2 Å². The van der Waals surface area contributed by atoms with Crippen molar-refractivity contribution in [2.45, 2.75) is 25.7 Å². The molecular weight excluding hydrogens is 372 g/mol. The molecule has 0 radical (unpaired) electrons. The Morgan fingerprint density at radius 1 is 1.21 bits per heavy atom. The van der Waals surface area contributed by atoms with Crippen molar-refractivity contribution in [3.05, 3.63) is 39.2 Å². The second-order valence-electron chi connectivity index (χ2n) is 7.22. The van der Waals surface area contributed by atoms with Crippen LogP contribution in [-0.2, 0) is 11.2 Å². The largest absolute Gasteiger partial charge is 0.378 e. The molecule has 1 saturated heterocycles. The van der Waals surface area contributed by atoms with Crippen LogP contribution in [0, 0.1) is 0 Å². The molecule has 1 N–H and O–H groups in total. The lowest BCUT2D eigenvalue weighted by atomic mass is 10.1. The van der Waals surface area contributed by atoms with E-state index >= 15 is 0 Å². The molecule has 1 aliphatic heterocycles. The number of aromatic nitrogens is 1. The Morgan fingerprint density at radius 2 is 2.07 bits per heavy atom. The minimum atomic E-state index is 0. The third-order valence-electron chi connectivity index (χ3n) is 5.37. The summed E-state index contributed by atoms with van der Waals surface area (Å²) in [6.07, 6.45) is 8.28. The molecule has 2 aliphatic carbocycles. The van der Waals surface area contributed by atoms with Gasteiger partial charge in [-0.1, -0.05) is 23.5 Å². The molecule has 0 bridgehead atoms. The van der Waals surface area contributed by atoms with Gasteiger partial charge in [-0.25, -0.2) is 4.98 Å². The Hall–Kier alpha value is -2.51. The lowest BCUT2D eigenvalue weighted by Crippen LogP contribution is -2.36. The Balaban J connectivity index is 0.00000205. The Labute approximate surface area is 168 Å². The number of nitrogens with one attached hydrogen (secondary N) is 1. The van der Waals surface area contributed by atoms with Gasteiger partial charge in [-0.05, 0) is 43.0 Å². The number of nitrogens with zero attached hydrogens (tertiary/aromatic N) is 3. The third-order valence-corrected chi connectivity index (χ3v) is 6.34. The van der Waals surface area contributed by atoms with Gasteiger partial charge in [-0.2, -0.15) is 5.10 Å². The average molecular weight is 397 g/mol. The maximum atomic E-state index is 12.7. The molecule has 0 atom stereocenters. The van der Waals surface area contributed by atoms with Gasteiger partial charge in [0, 0.05) is 32.2 Å². The number of ketones is 1. The summed E-state index contributed by atoms with van der Waals surface area (Å²) in [6.45, 7) is 3.27. The number of ether oxygens (including phenoxy) is 1. The van der Waals surface area contributed by atoms with E-state index in [1.165, 1.54) is 11.0 Å². The summed E-state index contributed by atoms with van der Waals surface area (Å²) in [5.41, 5.74) is 6.52. The van der Waals surface area contributed by atoms with Crippen molar-refractivity contribution in [2.24, 2.45) is 5.10 Å². The van der Waals surface area contributed by atoms with Gasteiger partial charge in [-0.15, -0.1) is 0 Å². The van der Waals surface area contributed by atoms with E-state index in [2.05, 4.69) is 38.6 Å². The monoisotopic (exact) mass is 396 g/mol. The van der Waals surface area contributed by atoms with E-state index in [-0.39, 0.29) is 7.21 Å². The van der Waals surface area contributed by atoms with E-state index in [1.807, 2.05) is 12.1 Å². The Morgan fingerprint density at radius 3 is 2.96 bits per heavy atom. The van der Waals surface area contributed by atoms with E-state index in [0.29, 0.717) is 12.1 Å². The number of hydrazone groups is 1. The van der Waals surface area contributed by atoms with Gasteiger partial charge in [0.25, 0.3) is 0 Å². The number of rotatable bonds is 3. The van der Waals surface area contributed by atoms with Crippen LogP contribution in [0.15, 0.2) is 23.3 Å². The number of hydrogen-bond acceptors (Lipinski definition) is 7. The van der Waals surface area contributed by atoms with Crippen molar-refractivity contribution in [1.29, 1.82) is 0 Å². The lowest BCUT2D eigenvalue weighted by molar-refractivity contribution is 0.106. The summed E-state index contributed by atoms with van der Waals surface area (Å²) in [5, 5.41) is 6.17. The molecule has 2 aromatic rings. The van der Waals surface area contributed by atoms with Crippen LogP contribution in [0.3, 0.4) is 0 Å². The van der Waals surface area contributed by atoms with Crippen molar-refractivity contribution in [3.8, 4) is 0 Å². The van der Waals surface area contributed by atoms with Crippen LogP contribution in [0.4, 0.5) is 10.8 Å². The topological polar surface area (TPSA) is 66.8 Å². The van der Waals surface area contributed by atoms with Crippen LogP contribution in [-0.4, -0.2) is 42.8 Å². The maximum Gasteiger partial charge on any atom is 0.209 e. The van der Waals surface area contributed by atoms with Crippen LogP contribution in [0.2, 0.25) is 0 Å². The molecule has 0 saturated carbocycles. The number of benzene rings is 1. The fourth-order valence-electron chi connectivity index (χ4n) is 3.86. The van der Waals surface area contributed by atoms with Crippen molar-refractivity contribution in [2.75, 3.05) is 36.6 Å². The molecule has 6 nitrogen and oxygen atoms in total. The predicted molar refractivity (Wildman–Crippen MR) is 115 cm³/mol. The molecule has 0 unspecified atom stereocenters. The Kier molecular flexibility index (Phi) is 4.70. The molecule has 2 heterocycles. The number of Topliss-reactive ketones (excluding diaryl/α,β-unsaturated/α-hetero) is 1. The quantitative estimate of drug-likeness (QED) is 0.806. The second-order valence-corrected chi connectivity index (χ2v) is 8.26. The first-order valence-corrected chi connectivity index (χ1v) is 10.6. The number of fused-ring (bicyclic) bond motifs is 2. The molecule has 28 heavy (non-hydrogen) atoms. The molecule has 3 aliphatic rings. The fourth-order valence-corrected chi connectivity index (χ4v) is 4.74. The standard InChI is InChI=1S/C21H22N4O2S.H2/c26-20-16-7-6-15(25-8-10-27-11-9-25)12-14(16)13-18(20)23-24-21-22-17-4-2-1-3-5-19(17)28-21;/h4-7,12H,1-3,8-11,13H2,(H,22,24);1H/b23-18-;. The summed E-state index contributed by atoms with van der Waals surface area (Å²) in [7, 11) is 0. The average Bonchev–Trinajstić information content (AvgIpc) is 3.19. The van der Waals surface area contributed by atoms with Gasteiger partial charge in [0.05, 0.1) is 23.1 Å². The number of anilines is 2. The summed E-state index contributed by atoms with van der Waals surface area (Å²) < 4.78 is 6.62. The summed E-state index contributed by atoms with van der Waals surface area (Å²) in [5.74, 6) is 0.00673. The van der Waals surface area contributed by atoms with Gasteiger partial charge in [0.2, 0.25) is 10.9 Å². The van der Waals surface area contributed by atoms with Crippen LogP contribution < -0.4 is 20.2 Å². The van der Waals surface area contributed by atoms with E-state index in [1.54, 1.807) is 11.3 Å². The van der Waals surface area contributed by atoms with Crippen LogP contribution in [0.25, 0.3) is 12.2 Å². The van der Waals surface area contributed by atoms with Crippen molar-refractivity contribution < 1.29 is 11.0 Å². The number of hydrogen-bond donors (Lipinski definition) is 1. The number of thiazole rings is 1. The normalized spacial score (nSPS) is 20.2. The van der Waals surface area contributed by atoms with Gasteiger partial charge in [0.15, 0.2) is 0 Å². The summed E-state index contributed by atoms with van der Waals surface area (Å²) >= 11 is 1.59. The lowest BCUT2D eigenvalue weighted by Gasteiger charge is -2.29. The maximum absolute atomic E-state index is 12.7. The smallest absolute Gasteiger partial charge is 0.209 e. The van der Waals surface area contributed by atoms with Gasteiger partial charge < -0.3 is 9.64 Å². The molecule has 1 fully saturated rings. The zero-order valence-corrected chi connectivity index (χ0v) is 16.4. The molecule has 1 aromatic heterocycles. The minimum Gasteiger partial charge on any atom is -0.378 e. The number of morpholine rings is 1. The first-order valence-electron chi connectivity index (χ1n) is 9.78. The zero-order chi connectivity index (χ0) is 18.9. The van der Waals surface area contributed by atoms with Crippen LogP contribution in [0.1, 0.15) is 36.6 Å².